The lowest BCUT2D eigenvalue weighted by Crippen LogP contribution is -2.15. The molecule has 0 aromatic carbocycles. The van der Waals surface area contributed by atoms with Crippen LogP contribution in [-0.2, 0) is 6.54 Å². The van der Waals surface area contributed by atoms with Crippen molar-refractivity contribution in [3.63, 3.8) is 0 Å². The Bertz CT molecular complexity index is 215. The van der Waals surface area contributed by atoms with Gasteiger partial charge in [-0.2, -0.15) is 0 Å². The van der Waals surface area contributed by atoms with E-state index in [2.05, 4.69) is 15.3 Å². The number of nitrogens with zero attached hydrogens (tertiary/aromatic N) is 2. The molecule has 72 valence electrons. The van der Waals surface area contributed by atoms with E-state index >= 15 is 0 Å². The highest BCUT2D eigenvalue weighted by Crippen LogP contribution is 1.92. The molecule has 1 aromatic heterocycles. The van der Waals surface area contributed by atoms with Gasteiger partial charge in [-0.15, -0.1) is 0 Å². The van der Waals surface area contributed by atoms with Crippen LogP contribution in [0, 0.1) is 0 Å². The molecule has 0 bridgehead atoms. The Balaban J connectivity index is 2.07. The molecule has 0 saturated carbocycles. The average molecular weight is 181 g/mol. The van der Waals surface area contributed by atoms with Gasteiger partial charge in [-0.05, 0) is 19.4 Å². The summed E-state index contributed by atoms with van der Waals surface area (Å²) < 4.78 is 0. The molecule has 1 rings (SSSR count). The molecule has 0 aliphatic heterocycles. The lowest BCUT2D eigenvalue weighted by atomic mass is 10.3. The maximum Gasteiger partial charge on any atom is 0.115 e. The summed E-state index contributed by atoms with van der Waals surface area (Å²) in [6.45, 7) is 2.00. The van der Waals surface area contributed by atoms with E-state index in [1.807, 2.05) is 0 Å². The first kappa shape index (κ1) is 10.1. The molecule has 13 heavy (non-hydrogen) atoms. The highest BCUT2D eigenvalue weighted by molar-refractivity contribution is 5.01. The van der Waals surface area contributed by atoms with Crippen molar-refractivity contribution in [2.24, 2.45) is 0 Å². The van der Waals surface area contributed by atoms with Crippen molar-refractivity contribution in [3.05, 3.63) is 24.3 Å². The maximum absolute atomic E-state index is 8.53. The van der Waals surface area contributed by atoms with Crippen LogP contribution in [0.4, 0.5) is 0 Å². The van der Waals surface area contributed by atoms with Gasteiger partial charge in [0, 0.05) is 31.1 Å². The van der Waals surface area contributed by atoms with E-state index < -0.39 is 0 Å². The van der Waals surface area contributed by atoms with Crippen LogP contribution < -0.4 is 5.32 Å². The van der Waals surface area contributed by atoms with Crippen LogP contribution in [0.5, 0.6) is 0 Å². The standard InChI is InChI=1S/C9H15N3O/c13-4-2-1-3-10-5-9-6-11-8-12-7-9/h6-8,10,13H,1-5H2. The van der Waals surface area contributed by atoms with Crippen molar-refractivity contribution >= 4 is 0 Å². The number of aliphatic hydroxyl groups is 1. The van der Waals surface area contributed by atoms with Gasteiger partial charge < -0.3 is 10.4 Å². The number of unbranched alkanes of at least 4 members (excludes halogenated alkanes) is 1. The zero-order valence-corrected chi connectivity index (χ0v) is 7.61. The fraction of sp³-hybridized carbons (Fsp3) is 0.556. The Hall–Kier alpha value is -1.00. The van der Waals surface area contributed by atoms with Gasteiger partial charge in [0.1, 0.15) is 6.33 Å². The topological polar surface area (TPSA) is 58.0 Å². The molecule has 0 aliphatic carbocycles. The van der Waals surface area contributed by atoms with Crippen molar-refractivity contribution in [2.45, 2.75) is 19.4 Å². The second-order valence-electron chi connectivity index (χ2n) is 2.85. The zero-order valence-electron chi connectivity index (χ0n) is 7.61. The van der Waals surface area contributed by atoms with Crippen molar-refractivity contribution in [1.29, 1.82) is 0 Å². The molecule has 2 N–H and O–H groups in total. The Morgan fingerprint density at radius 3 is 2.69 bits per heavy atom. The summed E-state index contributed by atoms with van der Waals surface area (Å²) in [5, 5.41) is 11.8. The molecule has 0 spiro atoms. The summed E-state index contributed by atoms with van der Waals surface area (Å²) in [6.07, 6.45) is 6.98. The first-order chi connectivity index (χ1) is 6.43. The van der Waals surface area contributed by atoms with E-state index in [1.54, 1.807) is 12.4 Å². The molecule has 4 nitrogen and oxygen atoms in total. The van der Waals surface area contributed by atoms with Gasteiger partial charge in [0.15, 0.2) is 0 Å². The van der Waals surface area contributed by atoms with E-state index in [9.17, 15) is 0 Å². The summed E-state index contributed by atoms with van der Waals surface area (Å²) in [6, 6.07) is 0. The lowest BCUT2D eigenvalue weighted by molar-refractivity contribution is 0.283. The molecule has 0 radical (unpaired) electrons. The Morgan fingerprint density at radius 2 is 2.00 bits per heavy atom. The predicted octanol–water partition coefficient (Wildman–Crippen LogP) is 0.339. The molecule has 0 amide bonds. The maximum atomic E-state index is 8.53. The zero-order chi connectivity index (χ0) is 9.36. The molecule has 0 aliphatic rings. The molecular weight excluding hydrogens is 166 g/mol. The van der Waals surface area contributed by atoms with Gasteiger partial charge in [-0.3, -0.25) is 0 Å². The van der Waals surface area contributed by atoms with Crippen molar-refractivity contribution < 1.29 is 5.11 Å². The minimum absolute atomic E-state index is 0.274. The summed E-state index contributed by atoms with van der Waals surface area (Å²) in [4.78, 5) is 7.82. The quantitative estimate of drug-likeness (QED) is 0.621. The monoisotopic (exact) mass is 181 g/mol. The third-order valence-electron chi connectivity index (χ3n) is 1.70. The van der Waals surface area contributed by atoms with Gasteiger partial charge in [0.05, 0.1) is 0 Å². The fourth-order valence-corrected chi connectivity index (χ4v) is 1.02. The Kier molecular flexibility index (Phi) is 5.05. The van der Waals surface area contributed by atoms with E-state index in [-0.39, 0.29) is 6.61 Å². The molecular formula is C9H15N3O. The molecule has 1 aromatic rings. The molecule has 0 saturated heterocycles. The van der Waals surface area contributed by atoms with E-state index in [0.29, 0.717) is 0 Å². The fourth-order valence-electron chi connectivity index (χ4n) is 1.02. The summed E-state index contributed by atoms with van der Waals surface area (Å²) in [7, 11) is 0. The Labute approximate surface area is 78.0 Å². The van der Waals surface area contributed by atoms with Crippen LogP contribution in [0.2, 0.25) is 0 Å². The smallest absolute Gasteiger partial charge is 0.115 e. The summed E-state index contributed by atoms with van der Waals surface area (Å²) >= 11 is 0. The molecule has 0 fully saturated rings. The third-order valence-corrected chi connectivity index (χ3v) is 1.70. The largest absolute Gasteiger partial charge is 0.396 e. The van der Waals surface area contributed by atoms with Gasteiger partial charge in [-0.25, -0.2) is 9.97 Å². The van der Waals surface area contributed by atoms with E-state index in [0.717, 1.165) is 31.5 Å². The van der Waals surface area contributed by atoms with Crippen LogP contribution in [0.3, 0.4) is 0 Å². The number of hydrogen-bond acceptors (Lipinski definition) is 4. The second-order valence-corrected chi connectivity index (χ2v) is 2.85. The highest BCUT2D eigenvalue weighted by Gasteiger charge is 1.91. The van der Waals surface area contributed by atoms with E-state index in [4.69, 9.17) is 5.11 Å². The van der Waals surface area contributed by atoms with Crippen LogP contribution in [0.1, 0.15) is 18.4 Å². The molecule has 4 heteroatoms. The number of nitrogens with one attached hydrogen (secondary N) is 1. The summed E-state index contributed by atoms with van der Waals surface area (Å²) in [5.74, 6) is 0. The van der Waals surface area contributed by atoms with Crippen LogP contribution >= 0.6 is 0 Å². The number of aromatic nitrogens is 2. The van der Waals surface area contributed by atoms with E-state index in [1.165, 1.54) is 6.33 Å². The van der Waals surface area contributed by atoms with Crippen LogP contribution in [0.25, 0.3) is 0 Å². The lowest BCUT2D eigenvalue weighted by Gasteiger charge is -2.02. The van der Waals surface area contributed by atoms with Gasteiger partial charge >= 0.3 is 0 Å². The van der Waals surface area contributed by atoms with Crippen molar-refractivity contribution in [3.8, 4) is 0 Å². The van der Waals surface area contributed by atoms with Gasteiger partial charge in [-0.1, -0.05) is 0 Å². The minimum Gasteiger partial charge on any atom is -0.396 e. The molecule has 0 unspecified atom stereocenters. The summed E-state index contributed by atoms with van der Waals surface area (Å²) in [5.41, 5.74) is 1.09. The third kappa shape index (κ3) is 4.55. The first-order valence-corrected chi connectivity index (χ1v) is 4.49. The average Bonchev–Trinajstić information content (AvgIpc) is 2.19. The highest BCUT2D eigenvalue weighted by atomic mass is 16.2. The van der Waals surface area contributed by atoms with Crippen molar-refractivity contribution in [1.82, 2.24) is 15.3 Å². The predicted molar refractivity (Wildman–Crippen MR) is 50.1 cm³/mol. The second kappa shape index (κ2) is 6.51. The number of aliphatic hydroxyl groups excluding tert-OH is 1. The normalized spacial score (nSPS) is 10.2. The Morgan fingerprint density at radius 1 is 1.23 bits per heavy atom. The van der Waals surface area contributed by atoms with Gasteiger partial charge in [0.2, 0.25) is 0 Å². The minimum atomic E-state index is 0.274. The molecule has 1 heterocycles. The molecule has 0 atom stereocenters. The van der Waals surface area contributed by atoms with Crippen molar-refractivity contribution in [2.75, 3.05) is 13.2 Å². The van der Waals surface area contributed by atoms with Crippen LogP contribution in [0.15, 0.2) is 18.7 Å². The number of hydrogen-bond donors (Lipinski definition) is 2. The van der Waals surface area contributed by atoms with Crippen LogP contribution in [-0.4, -0.2) is 28.2 Å². The first-order valence-electron chi connectivity index (χ1n) is 4.49. The number of rotatable bonds is 6. The van der Waals surface area contributed by atoms with Gasteiger partial charge in [0.25, 0.3) is 0 Å². The SMILES string of the molecule is OCCCCNCc1cncnc1.